The molecule has 0 aliphatic carbocycles. The first-order valence-electron chi connectivity index (χ1n) is 3.87. The summed E-state index contributed by atoms with van der Waals surface area (Å²) in [6.07, 6.45) is 4.11. The summed E-state index contributed by atoms with van der Waals surface area (Å²) >= 11 is 0. The van der Waals surface area contributed by atoms with Crippen LogP contribution in [0.5, 0.6) is 0 Å². The molecular formula is C8H9N3O2. The fraction of sp³-hybridized carbons (Fsp3) is 0.375. The van der Waals surface area contributed by atoms with Gasteiger partial charge in [-0.15, -0.1) is 0 Å². The van der Waals surface area contributed by atoms with Gasteiger partial charge in [0.1, 0.15) is 0 Å². The van der Waals surface area contributed by atoms with Crippen LogP contribution in [-0.2, 0) is 6.54 Å². The van der Waals surface area contributed by atoms with Crippen molar-refractivity contribution in [3.63, 3.8) is 0 Å². The van der Waals surface area contributed by atoms with Crippen molar-refractivity contribution in [1.29, 1.82) is 5.26 Å². The van der Waals surface area contributed by atoms with Crippen molar-refractivity contribution < 1.29 is 9.90 Å². The summed E-state index contributed by atoms with van der Waals surface area (Å²) in [4.78, 5) is 14.2. The fourth-order valence-corrected chi connectivity index (χ4v) is 1.02. The minimum Gasteiger partial charge on any atom is -0.475 e. The Morgan fingerprint density at radius 1 is 1.77 bits per heavy atom. The summed E-state index contributed by atoms with van der Waals surface area (Å²) < 4.78 is 1.53. The highest BCUT2D eigenvalue weighted by Crippen LogP contribution is 2.00. The molecule has 68 valence electrons. The molecule has 0 radical (unpaired) electrons. The smallest absolute Gasteiger partial charge is 0.372 e. The van der Waals surface area contributed by atoms with Gasteiger partial charge in [0.05, 0.1) is 6.07 Å². The second kappa shape index (κ2) is 4.26. The van der Waals surface area contributed by atoms with Gasteiger partial charge in [-0.2, -0.15) is 5.26 Å². The maximum Gasteiger partial charge on any atom is 0.372 e. The lowest BCUT2D eigenvalue weighted by Gasteiger charge is -2.01. The van der Waals surface area contributed by atoms with Gasteiger partial charge in [-0.1, -0.05) is 0 Å². The molecule has 0 spiro atoms. The van der Waals surface area contributed by atoms with Crippen LogP contribution in [0.1, 0.15) is 23.5 Å². The quantitative estimate of drug-likeness (QED) is 0.696. The Bertz CT molecular complexity index is 337. The summed E-state index contributed by atoms with van der Waals surface area (Å²) in [5.74, 6) is -1.01. The normalized spacial score (nSPS) is 9.46. The Balaban J connectivity index is 2.61. The zero-order valence-corrected chi connectivity index (χ0v) is 6.97. The first kappa shape index (κ1) is 9.26. The first-order chi connectivity index (χ1) is 6.25. The van der Waals surface area contributed by atoms with E-state index in [4.69, 9.17) is 10.4 Å². The second-order valence-corrected chi connectivity index (χ2v) is 2.51. The van der Waals surface area contributed by atoms with Gasteiger partial charge in [-0.25, -0.2) is 9.78 Å². The molecule has 1 heterocycles. The summed E-state index contributed by atoms with van der Waals surface area (Å²) in [7, 11) is 0. The van der Waals surface area contributed by atoms with Crippen LogP contribution >= 0.6 is 0 Å². The number of hydrogen-bond donors (Lipinski definition) is 1. The second-order valence-electron chi connectivity index (χ2n) is 2.51. The van der Waals surface area contributed by atoms with E-state index in [1.165, 1.54) is 10.8 Å². The average Bonchev–Trinajstić information content (AvgIpc) is 2.53. The van der Waals surface area contributed by atoms with Crippen molar-refractivity contribution in [2.75, 3.05) is 0 Å². The molecule has 0 amide bonds. The number of nitrogens with zero attached hydrogens (tertiary/aromatic N) is 3. The molecule has 0 aliphatic rings. The first-order valence-corrected chi connectivity index (χ1v) is 3.87. The number of nitriles is 1. The van der Waals surface area contributed by atoms with Gasteiger partial charge in [-0.05, 0) is 6.42 Å². The van der Waals surface area contributed by atoms with Crippen molar-refractivity contribution >= 4 is 5.97 Å². The van der Waals surface area contributed by atoms with Crippen LogP contribution in [0.3, 0.4) is 0 Å². The van der Waals surface area contributed by atoms with Gasteiger partial charge in [0.25, 0.3) is 0 Å². The van der Waals surface area contributed by atoms with E-state index < -0.39 is 5.97 Å². The predicted molar refractivity (Wildman–Crippen MR) is 44.0 cm³/mol. The molecule has 5 heteroatoms. The van der Waals surface area contributed by atoms with E-state index in [-0.39, 0.29) is 5.82 Å². The van der Waals surface area contributed by atoms with E-state index in [9.17, 15) is 4.79 Å². The summed E-state index contributed by atoms with van der Waals surface area (Å²) in [5, 5.41) is 16.9. The molecule has 0 aliphatic heterocycles. The van der Waals surface area contributed by atoms with Gasteiger partial charge in [0.15, 0.2) is 0 Å². The molecule has 0 fully saturated rings. The number of aromatic carboxylic acids is 1. The number of carboxylic acid groups (broad SMARTS) is 1. The third kappa shape index (κ3) is 2.30. The molecule has 1 N–H and O–H groups in total. The van der Waals surface area contributed by atoms with Gasteiger partial charge in [-0.3, -0.25) is 0 Å². The van der Waals surface area contributed by atoms with Crippen LogP contribution in [0, 0.1) is 11.3 Å². The Labute approximate surface area is 75.2 Å². The van der Waals surface area contributed by atoms with Crippen LogP contribution in [0.2, 0.25) is 0 Å². The number of rotatable bonds is 4. The lowest BCUT2D eigenvalue weighted by molar-refractivity contribution is 0.0678. The third-order valence-corrected chi connectivity index (χ3v) is 1.59. The van der Waals surface area contributed by atoms with Gasteiger partial charge in [0.2, 0.25) is 5.82 Å². The largest absolute Gasteiger partial charge is 0.475 e. The Hall–Kier alpha value is -1.83. The molecule has 5 nitrogen and oxygen atoms in total. The monoisotopic (exact) mass is 179 g/mol. The predicted octanol–water partition coefficient (Wildman–Crippen LogP) is 0.885. The molecule has 0 unspecified atom stereocenters. The summed E-state index contributed by atoms with van der Waals surface area (Å²) in [5.41, 5.74) is 0. The summed E-state index contributed by atoms with van der Waals surface area (Å²) in [6.45, 7) is 0.523. The minimum atomic E-state index is -1.04. The van der Waals surface area contributed by atoms with Crippen molar-refractivity contribution in [1.82, 2.24) is 9.55 Å². The summed E-state index contributed by atoms with van der Waals surface area (Å²) in [6, 6.07) is 2.00. The molecule has 13 heavy (non-hydrogen) atoms. The van der Waals surface area contributed by atoms with Gasteiger partial charge < -0.3 is 9.67 Å². The molecule has 1 aromatic heterocycles. The minimum absolute atomic E-state index is 0.0259. The van der Waals surface area contributed by atoms with Crippen LogP contribution < -0.4 is 0 Å². The Kier molecular flexibility index (Phi) is 3.03. The average molecular weight is 179 g/mol. The van der Waals surface area contributed by atoms with Crippen molar-refractivity contribution in [3.05, 3.63) is 18.2 Å². The zero-order valence-electron chi connectivity index (χ0n) is 6.97. The van der Waals surface area contributed by atoms with E-state index in [1.54, 1.807) is 6.20 Å². The highest BCUT2D eigenvalue weighted by molar-refractivity contribution is 5.83. The molecule has 1 aromatic rings. The molecule has 0 bridgehead atoms. The number of carboxylic acids is 1. The Morgan fingerprint density at radius 2 is 2.54 bits per heavy atom. The molecule has 0 atom stereocenters. The van der Waals surface area contributed by atoms with E-state index in [0.717, 1.165) is 0 Å². The standard InChI is InChI=1S/C8H9N3O2/c9-3-1-2-5-11-6-4-10-7(11)8(12)13/h4,6H,1-2,5H2,(H,12,13). The Morgan fingerprint density at radius 3 is 3.15 bits per heavy atom. The molecule has 0 saturated carbocycles. The molecule has 0 aromatic carbocycles. The van der Waals surface area contributed by atoms with Crippen molar-refractivity contribution in [2.24, 2.45) is 0 Å². The number of hydrogen-bond acceptors (Lipinski definition) is 3. The number of carbonyl (C=O) groups is 1. The molecular weight excluding hydrogens is 170 g/mol. The zero-order chi connectivity index (χ0) is 9.68. The van der Waals surface area contributed by atoms with Gasteiger partial charge >= 0.3 is 5.97 Å². The lowest BCUT2D eigenvalue weighted by Crippen LogP contribution is -2.09. The third-order valence-electron chi connectivity index (χ3n) is 1.59. The number of aryl methyl sites for hydroxylation is 1. The van der Waals surface area contributed by atoms with E-state index in [0.29, 0.717) is 19.4 Å². The van der Waals surface area contributed by atoms with E-state index >= 15 is 0 Å². The number of unbranched alkanes of at least 4 members (excludes halogenated alkanes) is 1. The highest BCUT2D eigenvalue weighted by atomic mass is 16.4. The number of imidazole rings is 1. The lowest BCUT2D eigenvalue weighted by atomic mass is 10.3. The molecule has 1 rings (SSSR count). The fourth-order valence-electron chi connectivity index (χ4n) is 1.02. The van der Waals surface area contributed by atoms with Crippen LogP contribution in [-0.4, -0.2) is 20.6 Å². The van der Waals surface area contributed by atoms with Crippen LogP contribution in [0.15, 0.2) is 12.4 Å². The highest BCUT2D eigenvalue weighted by Gasteiger charge is 2.09. The van der Waals surface area contributed by atoms with Gasteiger partial charge in [0, 0.05) is 25.4 Å². The van der Waals surface area contributed by atoms with Crippen LogP contribution in [0.4, 0.5) is 0 Å². The molecule has 0 saturated heterocycles. The van der Waals surface area contributed by atoms with Crippen molar-refractivity contribution in [3.8, 4) is 6.07 Å². The van der Waals surface area contributed by atoms with E-state index in [1.807, 2.05) is 6.07 Å². The number of aromatic nitrogens is 2. The van der Waals surface area contributed by atoms with Crippen molar-refractivity contribution in [2.45, 2.75) is 19.4 Å². The topological polar surface area (TPSA) is 78.9 Å². The maximum atomic E-state index is 10.6. The SMILES string of the molecule is N#CCCCn1ccnc1C(=O)O. The maximum absolute atomic E-state index is 10.6. The van der Waals surface area contributed by atoms with Crippen LogP contribution in [0.25, 0.3) is 0 Å². The van der Waals surface area contributed by atoms with E-state index in [2.05, 4.69) is 4.98 Å².